The van der Waals surface area contributed by atoms with Crippen molar-refractivity contribution in [3.05, 3.63) is 28.1 Å². The van der Waals surface area contributed by atoms with Crippen LogP contribution in [0.2, 0.25) is 0 Å². The van der Waals surface area contributed by atoms with Crippen molar-refractivity contribution in [1.29, 1.82) is 0 Å². The van der Waals surface area contributed by atoms with Gasteiger partial charge in [-0.05, 0) is 31.3 Å². The standard InChI is InChI=1S/C12H15N3OS2.2ClH/c1-8-10(11(16)14-6-3-5-13)18-12(15-8)9-4-2-7-17-9;;/h2,4,7H,3,5-6,13H2,1H3,(H,14,16);2*1H. The van der Waals surface area contributed by atoms with Crippen molar-refractivity contribution in [1.82, 2.24) is 10.3 Å². The topological polar surface area (TPSA) is 68.0 Å². The van der Waals surface area contributed by atoms with E-state index < -0.39 is 0 Å². The van der Waals surface area contributed by atoms with Crippen LogP contribution in [0.5, 0.6) is 0 Å². The van der Waals surface area contributed by atoms with Crippen LogP contribution in [0, 0.1) is 6.92 Å². The summed E-state index contributed by atoms with van der Waals surface area (Å²) in [5.41, 5.74) is 6.18. The molecule has 0 atom stereocenters. The van der Waals surface area contributed by atoms with E-state index in [-0.39, 0.29) is 30.7 Å². The molecule has 8 heteroatoms. The van der Waals surface area contributed by atoms with Gasteiger partial charge < -0.3 is 11.1 Å². The van der Waals surface area contributed by atoms with Gasteiger partial charge in [0.1, 0.15) is 9.88 Å². The van der Waals surface area contributed by atoms with Crippen molar-refractivity contribution in [2.75, 3.05) is 13.1 Å². The molecule has 0 aromatic carbocycles. The number of amides is 1. The minimum Gasteiger partial charge on any atom is -0.351 e. The Kier molecular flexibility index (Phi) is 9.00. The second-order valence-electron chi connectivity index (χ2n) is 3.81. The number of hydrogen-bond acceptors (Lipinski definition) is 5. The molecule has 0 bridgehead atoms. The highest BCUT2D eigenvalue weighted by atomic mass is 35.5. The quantitative estimate of drug-likeness (QED) is 0.811. The van der Waals surface area contributed by atoms with Crippen LogP contribution in [0.25, 0.3) is 9.88 Å². The number of aromatic nitrogens is 1. The molecule has 2 aromatic rings. The van der Waals surface area contributed by atoms with E-state index in [1.807, 2.05) is 24.4 Å². The van der Waals surface area contributed by atoms with Gasteiger partial charge in [0, 0.05) is 6.54 Å². The van der Waals surface area contributed by atoms with Gasteiger partial charge in [0.2, 0.25) is 0 Å². The Morgan fingerprint density at radius 1 is 1.45 bits per heavy atom. The van der Waals surface area contributed by atoms with Crippen LogP contribution in [0.15, 0.2) is 17.5 Å². The summed E-state index contributed by atoms with van der Waals surface area (Å²) in [6, 6.07) is 4.00. The molecule has 112 valence electrons. The Hall–Kier alpha value is -0.660. The van der Waals surface area contributed by atoms with Crippen LogP contribution < -0.4 is 11.1 Å². The molecule has 0 saturated heterocycles. The summed E-state index contributed by atoms with van der Waals surface area (Å²) in [5, 5.41) is 5.77. The largest absolute Gasteiger partial charge is 0.351 e. The first-order valence-electron chi connectivity index (χ1n) is 5.72. The average Bonchev–Trinajstić information content (AvgIpc) is 2.97. The molecule has 1 amide bonds. The maximum atomic E-state index is 11.9. The Morgan fingerprint density at radius 2 is 2.20 bits per heavy atom. The zero-order valence-corrected chi connectivity index (χ0v) is 14.2. The SMILES string of the molecule is Cc1nc(-c2cccs2)sc1C(=O)NCCCN.Cl.Cl. The van der Waals surface area contributed by atoms with Crippen LogP contribution in [-0.2, 0) is 0 Å². The molecule has 0 unspecified atom stereocenters. The van der Waals surface area contributed by atoms with Gasteiger partial charge in [-0.2, -0.15) is 0 Å². The van der Waals surface area contributed by atoms with E-state index >= 15 is 0 Å². The molecule has 20 heavy (non-hydrogen) atoms. The minimum atomic E-state index is -0.0544. The number of carbonyl (C=O) groups excluding carboxylic acids is 1. The monoisotopic (exact) mass is 353 g/mol. The highest BCUT2D eigenvalue weighted by Gasteiger charge is 2.15. The van der Waals surface area contributed by atoms with E-state index in [9.17, 15) is 4.79 Å². The van der Waals surface area contributed by atoms with Crippen LogP contribution in [0.4, 0.5) is 0 Å². The molecule has 0 spiro atoms. The number of nitrogens with two attached hydrogens (primary N) is 1. The van der Waals surface area contributed by atoms with Gasteiger partial charge in [-0.3, -0.25) is 4.79 Å². The molecule has 0 aliphatic carbocycles. The Labute approximate surface area is 138 Å². The highest BCUT2D eigenvalue weighted by molar-refractivity contribution is 7.22. The van der Waals surface area contributed by atoms with Gasteiger partial charge in [-0.1, -0.05) is 6.07 Å². The van der Waals surface area contributed by atoms with Crippen LogP contribution in [0.3, 0.4) is 0 Å². The summed E-state index contributed by atoms with van der Waals surface area (Å²) in [6.45, 7) is 3.06. The fourth-order valence-electron chi connectivity index (χ4n) is 1.50. The maximum absolute atomic E-state index is 11.9. The summed E-state index contributed by atoms with van der Waals surface area (Å²) < 4.78 is 0. The number of hydrogen-bond donors (Lipinski definition) is 2. The van der Waals surface area contributed by atoms with Gasteiger partial charge in [0.05, 0.1) is 10.6 Å². The highest BCUT2D eigenvalue weighted by Crippen LogP contribution is 2.30. The van der Waals surface area contributed by atoms with E-state index in [0.717, 1.165) is 22.0 Å². The van der Waals surface area contributed by atoms with Crippen LogP contribution >= 0.6 is 47.5 Å². The fourth-order valence-corrected chi connectivity index (χ4v) is 3.28. The zero-order valence-electron chi connectivity index (χ0n) is 10.9. The van der Waals surface area contributed by atoms with Gasteiger partial charge in [0.15, 0.2) is 0 Å². The normalized spacial score (nSPS) is 9.50. The third-order valence-electron chi connectivity index (χ3n) is 2.40. The number of carbonyl (C=O) groups is 1. The summed E-state index contributed by atoms with van der Waals surface area (Å²) in [4.78, 5) is 18.2. The van der Waals surface area contributed by atoms with Gasteiger partial charge >= 0.3 is 0 Å². The summed E-state index contributed by atoms with van der Waals surface area (Å²) in [6.07, 6.45) is 0.793. The first-order chi connectivity index (χ1) is 8.72. The van der Waals surface area contributed by atoms with Crippen molar-refractivity contribution in [3.63, 3.8) is 0 Å². The molecule has 2 rings (SSSR count). The molecule has 4 nitrogen and oxygen atoms in total. The second kappa shape index (κ2) is 9.31. The van der Waals surface area contributed by atoms with Gasteiger partial charge in [-0.15, -0.1) is 47.5 Å². The molecule has 2 aromatic heterocycles. The molecular formula is C12H17Cl2N3OS2. The summed E-state index contributed by atoms with van der Waals surface area (Å²) in [5.74, 6) is -0.0544. The summed E-state index contributed by atoms with van der Waals surface area (Å²) >= 11 is 3.07. The number of nitrogens with zero attached hydrogens (tertiary/aromatic N) is 1. The van der Waals surface area contributed by atoms with E-state index in [1.165, 1.54) is 11.3 Å². The van der Waals surface area contributed by atoms with Crippen molar-refractivity contribution in [2.45, 2.75) is 13.3 Å². The minimum absolute atomic E-state index is 0. The molecule has 2 heterocycles. The number of halogens is 2. The first kappa shape index (κ1) is 19.3. The fraction of sp³-hybridized carbons (Fsp3) is 0.333. The molecule has 0 radical (unpaired) electrons. The Bertz CT molecular complexity index is 529. The molecule has 0 fully saturated rings. The van der Waals surface area contributed by atoms with Crippen molar-refractivity contribution >= 4 is 53.4 Å². The lowest BCUT2D eigenvalue weighted by atomic mass is 10.3. The predicted molar refractivity (Wildman–Crippen MR) is 90.7 cm³/mol. The molecule has 0 aliphatic heterocycles. The number of rotatable bonds is 5. The van der Waals surface area contributed by atoms with Gasteiger partial charge in [0.25, 0.3) is 5.91 Å². The smallest absolute Gasteiger partial charge is 0.263 e. The molecule has 0 aliphatic rings. The van der Waals surface area contributed by atoms with Gasteiger partial charge in [-0.25, -0.2) is 4.98 Å². The number of nitrogens with one attached hydrogen (secondary N) is 1. The molecule has 3 N–H and O–H groups in total. The molecule has 0 saturated carbocycles. The van der Waals surface area contributed by atoms with E-state index in [4.69, 9.17) is 5.73 Å². The lowest BCUT2D eigenvalue weighted by Crippen LogP contribution is -2.25. The number of thiophene rings is 1. The molecular weight excluding hydrogens is 337 g/mol. The second-order valence-corrected chi connectivity index (χ2v) is 5.76. The predicted octanol–water partition coefficient (Wildman–Crippen LogP) is 3.10. The average molecular weight is 354 g/mol. The lowest BCUT2D eigenvalue weighted by molar-refractivity contribution is 0.0957. The lowest BCUT2D eigenvalue weighted by Gasteiger charge is -2.01. The third-order valence-corrected chi connectivity index (χ3v) is 4.60. The first-order valence-corrected chi connectivity index (χ1v) is 7.41. The van der Waals surface area contributed by atoms with Crippen molar-refractivity contribution in [2.24, 2.45) is 5.73 Å². The van der Waals surface area contributed by atoms with E-state index in [1.54, 1.807) is 11.3 Å². The number of thiazole rings is 1. The van der Waals surface area contributed by atoms with Crippen molar-refractivity contribution < 1.29 is 4.79 Å². The van der Waals surface area contributed by atoms with E-state index in [2.05, 4.69) is 10.3 Å². The van der Waals surface area contributed by atoms with E-state index in [0.29, 0.717) is 18.0 Å². The Balaban J connectivity index is 0.00000180. The maximum Gasteiger partial charge on any atom is 0.263 e. The summed E-state index contributed by atoms with van der Waals surface area (Å²) in [7, 11) is 0. The Morgan fingerprint density at radius 3 is 2.80 bits per heavy atom. The zero-order chi connectivity index (χ0) is 13.0. The van der Waals surface area contributed by atoms with Crippen LogP contribution in [-0.4, -0.2) is 24.0 Å². The van der Waals surface area contributed by atoms with Crippen molar-refractivity contribution in [3.8, 4) is 9.88 Å². The third kappa shape index (κ3) is 4.71. The number of aryl methyl sites for hydroxylation is 1. The van der Waals surface area contributed by atoms with Crippen LogP contribution in [0.1, 0.15) is 21.8 Å².